The lowest BCUT2D eigenvalue weighted by atomic mass is 9.98. The van der Waals surface area contributed by atoms with Crippen molar-refractivity contribution in [2.45, 2.75) is 44.1 Å². The smallest absolute Gasteiger partial charge is 0.407 e. The number of nitrogens with zero attached hydrogens (tertiary/aromatic N) is 1. The van der Waals surface area contributed by atoms with Crippen molar-refractivity contribution in [3.05, 3.63) is 36.4 Å². The van der Waals surface area contributed by atoms with E-state index in [1.165, 1.54) is 0 Å². The first-order valence-electron chi connectivity index (χ1n) is 9.78. The number of ether oxygens (including phenoxy) is 1. The molecule has 0 aromatic heterocycles. The van der Waals surface area contributed by atoms with Gasteiger partial charge in [0.1, 0.15) is 22.9 Å². The second-order valence-electron chi connectivity index (χ2n) is 8.16. The van der Waals surface area contributed by atoms with Crippen LogP contribution in [0.2, 0.25) is 0 Å². The molecule has 1 heterocycles. The first kappa shape index (κ1) is 23.1. The van der Waals surface area contributed by atoms with Crippen LogP contribution in [0.25, 0.3) is 0 Å². The molecule has 1 unspecified atom stereocenters. The maximum absolute atomic E-state index is 12.8. The van der Waals surface area contributed by atoms with Gasteiger partial charge in [-0.15, -0.1) is 0 Å². The number of benzene rings is 1. The summed E-state index contributed by atoms with van der Waals surface area (Å²) in [6, 6.07) is 7.36. The molecule has 8 heteroatoms. The molecular formula is C21H31N3O4S. The van der Waals surface area contributed by atoms with Crippen molar-refractivity contribution < 1.29 is 18.5 Å². The van der Waals surface area contributed by atoms with Crippen LogP contribution in [-0.2, 0) is 20.5 Å². The van der Waals surface area contributed by atoms with Crippen LogP contribution in [0, 0.1) is 5.92 Å². The Labute approximate surface area is 175 Å². The SMILES string of the molecule is C=C(C=O)CNc1ccc(S(=O)N2CCC(CNC(=O)OC(C)(C)C)CC2)cc1. The first-order chi connectivity index (χ1) is 13.7. The fourth-order valence-corrected chi connectivity index (χ4v) is 4.13. The Hall–Kier alpha value is -2.19. The molecule has 1 fully saturated rings. The minimum atomic E-state index is -1.21. The highest BCUT2D eigenvalue weighted by Crippen LogP contribution is 2.22. The molecule has 1 aromatic carbocycles. The van der Waals surface area contributed by atoms with Gasteiger partial charge < -0.3 is 15.4 Å². The second kappa shape index (κ2) is 10.5. The quantitative estimate of drug-likeness (QED) is 0.497. The van der Waals surface area contributed by atoms with E-state index in [1.54, 1.807) is 0 Å². The van der Waals surface area contributed by atoms with Crippen LogP contribution in [0.1, 0.15) is 33.6 Å². The molecule has 0 aliphatic carbocycles. The summed E-state index contributed by atoms with van der Waals surface area (Å²) in [6.45, 7) is 11.5. The summed E-state index contributed by atoms with van der Waals surface area (Å²) in [5, 5.41) is 5.92. The largest absolute Gasteiger partial charge is 0.444 e. The molecule has 0 bridgehead atoms. The molecule has 7 nitrogen and oxygen atoms in total. The predicted octanol–water partition coefficient (Wildman–Crippen LogP) is 3.11. The Morgan fingerprint density at radius 3 is 2.45 bits per heavy atom. The minimum absolute atomic E-state index is 0.355. The zero-order valence-electron chi connectivity index (χ0n) is 17.4. The molecule has 2 N–H and O–H groups in total. The number of anilines is 1. The molecule has 1 amide bonds. The standard InChI is InChI=1S/C21H31N3O4S/c1-16(15-25)13-22-18-5-7-19(8-6-18)29(27)24-11-9-17(10-12-24)14-23-20(26)28-21(2,3)4/h5-8,15,17,22H,1,9-14H2,2-4H3,(H,23,26). The molecule has 29 heavy (non-hydrogen) atoms. The Balaban J connectivity index is 1.77. The highest BCUT2D eigenvalue weighted by molar-refractivity contribution is 7.82. The normalized spacial score (nSPS) is 16.7. The number of alkyl carbamates (subject to hydrolysis) is 1. The number of amides is 1. The molecule has 1 atom stereocenters. The van der Waals surface area contributed by atoms with E-state index in [2.05, 4.69) is 17.2 Å². The Bertz CT molecular complexity index is 735. The number of carbonyl (C=O) groups is 2. The average molecular weight is 422 g/mol. The first-order valence-corrected chi connectivity index (χ1v) is 10.9. The van der Waals surface area contributed by atoms with Crippen molar-refractivity contribution in [1.82, 2.24) is 9.62 Å². The summed E-state index contributed by atoms with van der Waals surface area (Å²) in [5.74, 6) is 0.355. The summed E-state index contributed by atoms with van der Waals surface area (Å²) >= 11 is 0. The lowest BCUT2D eigenvalue weighted by molar-refractivity contribution is -0.104. The summed E-state index contributed by atoms with van der Waals surface area (Å²) in [4.78, 5) is 23.1. The van der Waals surface area contributed by atoms with E-state index in [-0.39, 0.29) is 0 Å². The summed E-state index contributed by atoms with van der Waals surface area (Å²) in [7, 11) is -1.21. The van der Waals surface area contributed by atoms with E-state index < -0.39 is 22.7 Å². The van der Waals surface area contributed by atoms with Crippen molar-refractivity contribution in [1.29, 1.82) is 0 Å². The topological polar surface area (TPSA) is 87.7 Å². The number of carbonyl (C=O) groups excluding carboxylic acids is 2. The Morgan fingerprint density at radius 1 is 1.28 bits per heavy atom. The van der Waals surface area contributed by atoms with Crippen LogP contribution in [-0.4, -0.2) is 52.7 Å². The van der Waals surface area contributed by atoms with Crippen molar-refractivity contribution in [2.24, 2.45) is 5.92 Å². The summed E-state index contributed by atoms with van der Waals surface area (Å²) in [6.07, 6.45) is 2.07. The van der Waals surface area contributed by atoms with Gasteiger partial charge in [-0.25, -0.2) is 13.3 Å². The van der Waals surface area contributed by atoms with Gasteiger partial charge in [-0.05, 0) is 63.8 Å². The van der Waals surface area contributed by atoms with E-state index in [0.717, 1.165) is 29.7 Å². The Morgan fingerprint density at radius 2 is 1.90 bits per heavy atom. The van der Waals surface area contributed by atoms with Gasteiger partial charge >= 0.3 is 6.09 Å². The van der Waals surface area contributed by atoms with Crippen LogP contribution in [0.15, 0.2) is 41.3 Å². The maximum Gasteiger partial charge on any atom is 0.407 e. The second-order valence-corrected chi connectivity index (χ2v) is 9.64. The van der Waals surface area contributed by atoms with Crippen LogP contribution < -0.4 is 10.6 Å². The molecule has 1 aliphatic rings. The summed E-state index contributed by atoms with van der Waals surface area (Å²) in [5.41, 5.74) is 0.820. The summed E-state index contributed by atoms with van der Waals surface area (Å²) < 4.78 is 20.0. The van der Waals surface area contributed by atoms with Gasteiger partial charge in [0, 0.05) is 37.4 Å². The highest BCUT2D eigenvalue weighted by atomic mass is 32.2. The molecule has 1 saturated heterocycles. The maximum atomic E-state index is 12.8. The van der Waals surface area contributed by atoms with Gasteiger partial charge in [-0.3, -0.25) is 4.79 Å². The Kier molecular flexibility index (Phi) is 8.40. The van der Waals surface area contributed by atoms with E-state index in [0.29, 0.717) is 37.7 Å². The number of piperidine rings is 1. The van der Waals surface area contributed by atoms with E-state index >= 15 is 0 Å². The number of hydrogen-bond donors (Lipinski definition) is 2. The van der Waals surface area contributed by atoms with Gasteiger partial charge in [-0.2, -0.15) is 0 Å². The van der Waals surface area contributed by atoms with Gasteiger partial charge in [0.2, 0.25) is 0 Å². The van der Waals surface area contributed by atoms with Crippen molar-refractivity contribution in [3.8, 4) is 0 Å². The predicted molar refractivity (Wildman–Crippen MR) is 115 cm³/mol. The zero-order valence-corrected chi connectivity index (χ0v) is 18.2. The molecular weight excluding hydrogens is 390 g/mol. The highest BCUT2D eigenvalue weighted by Gasteiger charge is 2.25. The van der Waals surface area contributed by atoms with Crippen molar-refractivity contribution in [2.75, 3.05) is 31.5 Å². The van der Waals surface area contributed by atoms with Crippen molar-refractivity contribution in [3.63, 3.8) is 0 Å². The third kappa shape index (κ3) is 7.98. The van der Waals surface area contributed by atoms with E-state index in [1.807, 2.05) is 49.3 Å². The van der Waals surface area contributed by atoms with Crippen LogP contribution in [0.5, 0.6) is 0 Å². The molecule has 0 radical (unpaired) electrons. The molecule has 160 valence electrons. The van der Waals surface area contributed by atoms with E-state index in [9.17, 15) is 13.8 Å². The van der Waals surface area contributed by atoms with Gasteiger partial charge in [0.15, 0.2) is 0 Å². The fourth-order valence-electron chi connectivity index (χ4n) is 2.92. The number of rotatable bonds is 8. The lowest BCUT2D eigenvalue weighted by Crippen LogP contribution is -2.40. The number of hydrogen-bond acceptors (Lipinski definition) is 5. The van der Waals surface area contributed by atoms with Gasteiger partial charge in [0.25, 0.3) is 0 Å². The molecule has 0 saturated carbocycles. The number of nitrogens with one attached hydrogen (secondary N) is 2. The minimum Gasteiger partial charge on any atom is -0.444 e. The third-order valence-corrected chi connectivity index (χ3v) is 5.99. The van der Waals surface area contributed by atoms with Crippen molar-refractivity contribution >= 4 is 29.1 Å². The van der Waals surface area contributed by atoms with Gasteiger partial charge in [0.05, 0.1) is 4.90 Å². The monoisotopic (exact) mass is 421 g/mol. The fraction of sp³-hybridized carbons (Fsp3) is 0.524. The molecule has 0 spiro atoms. The van der Waals surface area contributed by atoms with Gasteiger partial charge in [-0.1, -0.05) is 6.58 Å². The van der Waals surface area contributed by atoms with Crippen LogP contribution in [0.3, 0.4) is 0 Å². The van der Waals surface area contributed by atoms with E-state index in [4.69, 9.17) is 4.74 Å². The third-order valence-electron chi connectivity index (χ3n) is 4.48. The average Bonchev–Trinajstić information content (AvgIpc) is 2.69. The van der Waals surface area contributed by atoms with Crippen LogP contribution in [0.4, 0.5) is 10.5 Å². The molecule has 1 aliphatic heterocycles. The lowest BCUT2D eigenvalue weighted by Gasteiger charge is -2.31. The molecule has 2 rings (SSSR count). The zero-order chi connectivity index (χ0) is 21.4. The molecule has 1 aromatic rings. The number of aldehydes is 1. The van der Waals surface area contributed by atoms with Crippen LogP contribution >= 0.6 is 0 Å².